The molecule has 32 heavy (non-hydrogen) atoms. The number of aryl methyl sites for hydroxylation is 1. The normalized spacial score (nSPS) is 11.4. The summed E-state index contributed by atoms with van der Waals surface area (Å²) in [7, 11) is -2.25. The number of nitrogens with zero attached hydrogens (tertiary/aromatic N) is 2. The molecule has 0 spiro atoms. The van der Waals surface area contributed by atoms with Gasteiger partial charge in [-0.05, 0) is 55.0 Å². The molecule has 0 saturated heterocycles. The lowest BCUT2D eigenvalue weighted by Gasteiger charge is -2.13. The van der Waals surface area contributed by atoms with E-state index in [2.05, 4.69) is 9.71 Å². The van der Waals surface area contributed by atoms with Crippen LogP contribution in [0.5, 0.6) is 5.75 Å². The van der Waals surface area contributed by atoms with Gasteiger partial charge in [0, 0.05) is 22.9 Å². The number of pyridine rings is 1. The highest BCUT2D eigenvalue weighted by Gasteiger charge is 2.16. The Morgan fingerprint density at radius 2 is 1.81 bits per heavy atom. The zero-order valence-electron chi connectivity index (χ0n) is 17.5. The summed E-state index contributed by atoms with van der Waals surface area (Å²) in [4.78, 5) is 17.9. The number of sulfonamides is 1. The summed E-state index contributed by atoms with van der Waals surface area (Å²) in [5.41, 5.74) is 2.48. The Labute approximate surface area is 190 Å². The number of nitrogens with one attached hydrogen (secondary N) is 1. The van der Waals surface area contributed by atoms with Crippen molar-refractivity contribution in [1.29, 1.82) is 0 Å². The van der Waals surface area contributed by atoms with Crippen LogP contribution in [0.2, 0.25) is 0 Å². The lowest BCUT2D eigenvalue weighted by atomic mass is 10.3. The molecule has 7 nitrogen and oxygen atoms in total. The van der Waals surface area contributed by atoms with Crippen molar-refractivity contribution < 1.29 is 13.2 Å². The Morgan fingerprint density at radius 3 is 2.56 bits per heavy atom. The summed E-state index contributed by atoms with van der Waals surface area (Å²) in [5, 5.41) is 0. The van der Waals surface area contributed by atoms with Crippen molar-refractivity contribution >= 4 is 33.1 Å². The van der Waals surface area contributed by atoms with Crippen LogP contribution in [0.3, 0.4) is 0 Å². The van der Waals surface area contributed by atoms with Crippen LogP contribution in [0.25, 0.3) is 5.65 Å². The van der Waals surface area contributed by atoms with Gasteiger partial charge in [-0.25, -0.2) is 13.4 Å². The van der Waals surface area contributed by atoms with Gasteiger partial charge < -0.3 is 4.74 Å². The number of ether oxygens (including phenoxy) is 1. The Bertz CT molecular complexity index is 1430. The molecule has 0 aliphatic carbocycles. The molecule has 2 heterocycles. The van der Waals surface area contributed by atoms with Gasteiger partial charge in [0.2, 0.25) is 0 Å². The average molecular weight is 468 g/mol. The first-order valence-corrected chi connectivity index (χ1v) is 12.2. The largest absolute Gasteiger partial charge is 0.497 e. The summed E-state index contributed by atoms with van der Waals surface area (Å²) in [6, 6.07) is 18.5. The van der Waals surface area contributed by atoms with Crippen molar-refractivity contribution in [3.05, 3.63) is 94.5 Å². The minimum atomic E-state index is -3.77. The van der Waals surface area contributed by atoms with Crippen molar-refractivity contribution in [2.75, 3.05) is 11.8 Å². The fourth-order valence-corrected chi connectivity index (χ4v) is 5.16. The van der Waals surface area contributed by atoms with E-state index in [-0.39, 0.29) is 10.5 Å². The van der Waals surface area contributed by atoms with Gasteiger partial charge >= 0.3 is 0 Å². The van der Waals surface area contributed by atoms with Crippen LogP contribution >= 0.6 is 11.8 Å². The SMILES string of the molecule is COc1ccc(S(=O)(=O)Nc2ccccc2SCc2cc(=O)n3cc(C)ccc3n2)cc1. The molecule has 164 valence electrons. The van der Waals surface area contributed by atoms with Crippen LogP contribution in [-0.2, 0) is 15.8 Å². The van der Waals surface area contributed by atoms with E-state index in [9.17, 15) is 13.2 Å². The number of hydrogen-bond donors (Lipinski definition) is 1. The Morgan fingerprint density at radius 1 is 1.06 bits per heavy atom. The zero-order chi connectivity index (χ0) is 22.7. The molecule has 0 unspecified atom stereocenters. The lowest BCUT2D eigenvalue weighted by molar-refractivity contribution is 0.414. The summed E-state index contributed by atoms with van der Waals surface area (Å²) < 4.78 is 34.9. The van der Waals surface area contributed by atoms with Crippen molar-refractivity contribution in [2.45, 2.75) is 22.5 Å². The van der Waals surface area contributed by atoms with Gasteiger partial charge in [0.15, 0.2) is 0 Å². The van der Waals surface area contributed by atoms with E-state index in [4.69, 9.17) is 4.74 Å². The van der Waals surface area contributed by atoms with Gasteiger partial charge in [0.25, 0.3) is 15.6 Å². The fraction of sp³-hybridized carbons (Fsp3) is 0.130. The molecule has 2 aromatic heterocycles. The molecule has 0 amide bonds. The lowest BCUT2D eigenvalue weighted by Crippen LogP contribution is -2.15. The first kappa shape index (κ1) is 21.9. The molecular weight excluding hydrogens is 446 g/mol. The zero-order valence-corrected chi connectivity index (χ0v) is 19.1. The molecule has 0 aliphatic heterocycles. The molecule has 1 N–H and O–H groups in total. The molecule has 0 fully saturated rings. The number of para-hydroxylation sites is 1. The summed E-state index contributed by atoms with van der Waals surface area (Å²) in [5.74, 6) is 0.995. The molecule has 0 saturated carbocycles. The third kappa shape index (κ3) is 4.79. The third-order valence-corrected chi connectivity index (χ3v) is 7.23. The predicted octanol–water partition coefficient (Wildman–Crippen LogP) is 4.10. The van der Waals surface area contributed by atoms with Gasteiger partial charge in [0.05, 0.1) is 23.4 Å². The predicted molar refractivity (Wildman–Crippen MR) is 126 cm³/mol. The molecule has 4 aromatic rings. The fourth-order valence-electron chi connectivity index (χ4n) is 3.12. The highest BCUT2D eigenvalue weighted by molar-refractivity contribution is 7.98. The maximum Gasteiger partial charge on any atom is 0.261 e. The molecular formula is C23H21N3O4S2. The number of hydrogen-bond acceptors (Lipinski definition) is 6. The van der Waals surface area contributed by atoms with E-state index in [1.165, 1.54) is 41.5 Å². The van der Waals surface area contributed by atoms with Gasteiger partial charge in [0.1, 0.15) is 11.4 Å². The molecule has 0 bridgehead atoms. The quantitative estimate of drug-likeness (QED) is 0.412. The first-order valence-electron chi connectivity index (χ1n) is 9.73. The van der Waals surface area contributed by atoms with E-state index in [0.717, 1.165) is 10.5 Å². The average Bonchev–Trinajstić information content (AvgIpc) is 2.79. The van der Waals surface area contributed by atoms with E-state index < -0.39 is 10.0 Å². The van der Waals surface area contributed by atoms with Crippen molar-refractivity contribution in [3.63, 3.8) is 0 Å². The van der Waals surface area contributed by atoms with Gasteiger partial charge in [-0.2, -0.15) is 0 Å². The van der Waals surface area contributed by atoms with Crippen molar-refractivity contribution in [3.8, 4) is 5.75 Å². The van der Waals surface area contributed by atoms with Gasteiger partial charge in [-0.1, -0.05) is 18.2 Å². The van der Waals surface area contributed by atoms with Crippen LogP contribution in [0.15, 0.2) is 87.5 Å². The maximum absolute atomic E-state index is 12.8. The van der Waals surface area contributed by atoms with Crippen LogP contribution in [-0.4, -0.2) is 24.9 Å². The van der Waals surface area contributed by atoms with E-state index >= 15 is 0 Å². The monoisotopic (exact) mass is 467 g/mol. The van der Waals surface area contributed by atoms with Crippen LogP contribution in [0.4, 0.5) is 5.69 Å². The number of methoxy groups -OCH3 is 1. The molecule has 0 atom stereocenters. The summed E-state index contributed by atoms with van der Waals surface area (Å²) in [6.45, 7) is 1.92. The number of anilines is 1. The van der Waals surface area contributed by atoms with Crippen LogP contribution in [0, 0.1) is 6.92 Å². The second kappa shape index (κ2) is 9.05. The number of thioether (sulfide) groups is 1. The molecule has 0 aliphatic rings. The highest BCUT2D eigenvalue weighted by Crippen LogP contribution is 2.31. The van der Waals surface area contributed by atoms with Crippen LogP contribution < -0.4 is 15.0 Å². The minimum Gasteiger partial charge on any atom is -0.497 e. The Kier molecular flexibility index (Phi) is 6.20. The smallest absolute Gasteiger partial charge is 0.261 e. The minimum absolute atomic E-state index is 0.137. The second-order valence-corrected chi connectivity index (χ2v) is 9.79. The molecule has 0 radical (unpaired) electrons. The van der Waals surface area contributed by atoms with Gasteiger partial charge in [-0.15, -0.1) is 11.8 Å². The van der Waals surface area contributed by atoms with E-state index in [1.54, 1.807) is 30.5 Å². The second-order valence-electron chi connectivity index (χ2n) is 7.09. The van der Waals surface area contributed by atoms with E-state index in [0.29, 0.717) is 28.5 Å². The standard InChI is InChI=1S/C23H21N3O4S2/c1-16-7-12-22-24-17(13-23(27)26(22)14-16)15-31-21-6-4-3-5-20(21)25-32(28,29)19-10-8-18(30-2)9-11-19/h3-14,25H,15H2,1-2H3. The highest BCUT2D eigenvalue weighted by atomic mass is 32.2. The Balaban J connectivity index is 1.55. The maximum atomic E-state index is 12.8. The third-order valence-electron chi connectivity index (χ3n) is 4.74. The number of fused-ring (bicyclic) bond motifs is 1. The Hall–Kier alpha value is -3.30. The summed E-state index contributed by atoms with van der Waals surface area (Å²) >= 11 is 1.40. The van der Waals surface area contributed by atoms with Crippen molar-refractivity contribution in [1.82, 2.24) is 9.38 Å². The topological polar surface area (TPSA) is 89.8 Å². The van der Waals surface area contributed by atoms with E-state index in [1.807, 2.05) is 31.2 Å². The molecule has 2 aromatic carbocycles. The molecule has 4 rings (SSSR count). The van der Waals surface area contributed by atoms with Gasteiger partial charge in [-0.3, -0.25) is 13.9 Å². The number of benzene rings is 2. The first-order chi connectivity index (χ1) is 15.4. The van der Waals surface area contributed by atoms with Crippen LogP contribution in [0.1, 0.15) is 11.3 Å². The number of rotatable bonds is 7. The van der Waals surface area contributed by atoms with Crippen molar-refractivity contribution in [2.24, 2.45) is 0 Å². The molecule has 9 heteroatoms. The number of aromatic nitrogens is 2. The summed E-state index contributed by atoms with van der Waals surface area (Å²) in [6.07, 6.45) is 1.75.